The first-order chi connectivity index (χ1) is 14.3. The molecule has 0 bridgehead atoms. The number of nitrogens with one attached hydrogen (secondary N) is 1. The zero-order valence-corrected chi connectivity index (χ0v) is 17.3. The quantitative estimate of drug-likeness (QED) is 0.371. The van der Waals surface area contributed by atoms with E-state index in [0.717, 1.165) is 22.8 Å². The number of amides is 1. The van der Waals surface area contributed by atoms with Gasteiger partial charge < -0.3 is 14.8 Å². The van der Waals surface area contributed by atoms with Crippen LogP contribution in [0.3, 0.4) is 0 Å². The van der Waals surface area contributed by atoms with Gasteiger partial charge in [0.25, 0.3) is 5.91 Å². The number of carbonyl (C=O) groups excluding carboxylic acids is 1. The first-order valence-electron chi connectivity index (χ1n) is 9.66. The molecule has 0 unspecified atom stereocenters. The highest BCUT2D eigenvalue weighted by Gasteiger charge is 2.08. The Labute approximate surface area is 176 Å². The first-order valence-corrected chi connectivity index (χ1v) is 10.6. The zero-order chi connectivity index (χ0) is 20.3. The van der Waals surface area contributed by atoms with Crippen molar-refractivity contribution in [3.05, 3.63) is 90.0 Å². The average molecular weight is 408 g/mol. The molecule has 0 atom stereocenters. The summed E-state index contributed by atoms with van der Waals surface area (Å²) in [5.41, 5.74) is 1.56. The molecule has 0 radical (unpaired) electrons. The van der Waals surface area contributed by atoms with Gasteiger partial charge >= 0.3 is 0 Å². The summed E-state index contributed by atoms with van der Waals surface area (Å²) in [5.74, 6) is 2.30. The molecule has 0 heterocycles. The lowest BCUT2D eigenvalue weighted by atomic mass is 10.1. The van der Waals surface area contributed by atoms with Crippen molar-refractivity contribution in [3.63, 3.8) is 0 Å². The number of rotatable bonds is 10. The van der Waals surface area contributed by atoms with Crippen molar-refractivity contribution in [1.29, 1.82) is 0 Å². The van der Waals surface area contributed by atoms with Crippen LogP contribution in [0.15, 0.2) is 83.8 Å². The van der Waals surface area contributed by atoms with Crippen LogP contribution in [0, 0.1) is 0 Å². The Balaban J connectivity index is 1.45. The fraction of sp³-hybridized carbons (Fsp3) is 0.208. The number of hydrogen-bond donors (Lipinski definition) is 1. The fourth-order valence-corrected chi connectivity index (χ4v) is 3.51. The van der Waals surface area contributed by atoms with Gasteiger partial charge in [0, 0.05) is 28.3 Å². The average Bonchev–Trinajstić information content (AvgIpc) is 2.77. The van der Waals surface area contributed by atoms with Crippen molar-refractivity contribution in [3.8, 4) is 11.5 Å². The van der Waals surface area contributed by atoms with Gasteiger partial charge in [-0.3, -0.25) is 4.79 Å². The van der Waals surface area contributed by atoms with Gasteiger partial charge in [0.2, 0.25) is 0 Å². The molecule has 0 aliphatic rings. The Morgan fingerprint density at radius 2 is 1.62 bits per heavy atom. The fourth-order valence-electron chi connectivity index (χ4n) is 2.76. The maximum Gasteiger partial charge on any atom is 0.251 e. The Bertz CT molecular complexity index is 898. The molecule has 0 aliphatic heterocycles. The van der Waals surface area contributed by atoms with Gasteiger partial charge in [-0.1, -0.05) is 36.4 Å². The molecule has 0 saturated heterocycles. The highest BCUT2D eigenvalue weighted by Crippen LogP contribution is 2.19. The minimum absolute atomic E-state index is 0.123. The molecule has 3 aromatic carbocycles. The number of para-hydroxylation sites is 1. The van der Waals surface area contributed by atoms with E-state index < -0.39 is 0 Å². The van der Waals surface area contributed by atoms with E-state index in [-0.39, 0.29) is 5.91 Å². The Kier molecular flexibility index (Phi) is 8.01. The van der Waals surface area contributed by atoms with Crippen molar-refractivity contribution < 1.29 is 14.3 Å². The smallest absolute Gasteiger partial charge is 0.251 e. The zero-order valence-electron chi connectivity index (χ0n) is 16.5. The molecular weight excluding hydrogens is 382 g/mol. The normalized spacial score (nSPS) is 10.4. The Hall–Kier alpha value is -2.92. The molecule has 0 aliphatic carbocycles. The van der Waals surface area contributed by atoms with Crippen LogP contribution < -0.4 is 14.8 Å². The predicted octanol–water partition coefficient (Wildman–Crippen LogP) is 5.19. The third-order valence-electron chi connectivity index (χ3n) is 4.19. The third-order valence-corrected chi connectivity index (χ3v) is 5.17. The number of benzene rings is 3. The molecule has 1 amide bonds. The number of ether oxygens (including phenoxy) is 2. The summed E-state index contributed by atoms with van der Waals surface area (Å²) in [6.07, 6.45) is 0. The van der Waals surface area contributed by atoms with Gasteiger partial charge in [0.15, 0.2) is 0 Å². The molecule has 150 valence electrons. The predicted molar refractivity (Wildman–Crippen MR) is 118 cm³/mol. The molecule has 0 saturated carbocycles. The largest absolute Gasteiger partial charge is 0.494 e. The standard InChI is InChI=1S/C24H25NO3S/c1-2-27-23-11-7-6-8-20(23)18-25-24(26)19-12-14-21(15-13-19)28-16-17-29-22-9-4-3-5-10-22/h3-15H,2,16-18H2,1H3,(H,25,26). The monoisotopic (exact) mass is 407 g/mol. The molecule has 0 spiro atoms. The maximum absolute atomic E-state index is 12.4. The van der Waals surface area contributed by atoms with Gasteiger partial charge in [-0.05, 0) is 49.4 Å². The first kappa shape index (κ1) is 20.8. The summed E-state index contributed by atoms with van der Waals surface area (Å²) in [6.45, 7) is 3.57. The topological polar surface area (TPSA) is 47.6 Å². The Morgan fingerprint density at radius 3 is 2.38 bits per heavy atom. The van der Waals surface area contributed by atoms with Gasteiger partial charge in [0.05, 0.1) is 13.2 Å². The van der Waals surface area contributed by atoms with Gasteiger partial charge in [-0.25, -0.2) is 0 Å². The number of hydrogen-bond acceptors (Lipinski definition) is 4. The van der Waals surface area contributed by atoms with Gasteiger partial charge in [-0.2, -0.15) is 0 Å². The summed E-state index contributed by atoms with van der Waals surface area (Å²) in [4.78, 5) is 13.7. The molecule has 3 rings (SSSR count). The van der Waals surface area contributed by atoms with Crippen LogP contribution in [0.1, 0.15) is 22.8 Å². The van der Waals surface area contributed by atoms with Crippen molar-refractivity contribution in [2.45, 2.75) is 18.4 Å². The summed E-state index contributed by atoms with van der Waals surface area (Å²) in [6, 6.07) is 25.2. The van der Waals surface area contributed by atoms with Crippen LogP contribution >= 0.6 is 11.8 Å². The van der Waals surface area contributed by atoms with E-state index in [1.807, 2.05) is 61.5 Å². The van der Waals surface area contributed by atoms with Crippen molar-refractivity contribution in [2.75, 3.05) is 19.0 Å². The lowest BCUT2D eigenvalue weighted by Gasteiger charge is -2.11. The van der Waals surface area contributed by atoms with Crippen LogP contribution in [0.4, 0.5) is 0 Å². The second-order valence-corrected chi connectivity index (χ2v) is 7.43. The summed E-state index contributed by atoms with van der Waals surface area (Å²) in [5, 5.41) is 2.94. The van der Waals surface area contributed by atoms with Crippen LogP contribution in [0.2, 0.25) is 0 Å². The second kappa shape index (κ2) is 11.2. The second-order valence-electron chi connectivity index (χ2n) is 6.26. The molecule has 3 aromatic rings. The van der Waals surface area contributed by atoms with Crippen LogP contribution in [0.25, 0.3) is 0 Å². The van der Waals surface area contributed by atoms with Crippen molar-refractivity contribution in [2.24, 2.45) is 0 Å². The molecular formula is C24H25NO3S. The van der Waals surface area contributed by atoms with Crippen molar-refractivity contribution in [1.82, 2.24) is 5.32 Å². The molecule has 0 fully saturated rings. The Morgan fingerprint density at radius 1 is 0.897 bits per heavy atom. The van der Waals surface area contributed by atoms with E-state index in [4.69, 9.17) is 9.47 Å². The van der Waals surface area contributed by atoms with Gasteiger partial charge in [-0.15, -0.1) is 11.8 Å². The summed E-state index contributed by atoms with van der Waals surface area (Å²) >= 11 is 1.76. The molecule has 0 aromatic heterocycles. The highest BCUT2D eigenvalue weighted by molar-refractivity contribution is 7.99. The number of carbonyl (C=O) groups is 1. The SMILES string of the molecule is CCOc1ccccc1CNC(=O)c1ccc(OCCSc2ccccc2)cc1. The van der Waals surface area contributed by atoms with Crippen LogP contribution in [-0.4, -0.2) is 24.9 Å². The summed E-state index contributed by atoms with van der Waals surface area (Å²) < 4.78 is 11.4. The minimum atomic E-state index is -0.123. The molecule has 29 heavy (non-hydrogen) atoms. The lowest BCUT2D eigenvalue weighted by Crippen LogP contribution is -2.23. The van der Waals surface area contributed by atoms with E-state index in [1.165, 1.54) is 4.90 Å². The van der Waals surface area contributed by atoms with E-state index in [9.17, 15) is 4.79 Å². The van der Waals surface area contributed by atoms with Crippen LogP contribution in [-0.2, 0) is 6.54 Å². The van der Waals surface area contributed by atoms with Gasteiger partial charge in [0.1, 0.15) is 11.5 Å². The maximum atomic E-state index is 12.4. The molecule has 4 nitrogen and oxygen atoms in total. The summed E-state index contributed by atoms with van der Waals surface area (Å²) in [7, 11) is 0. The van der Waals surface area contributed by atoms with E-state index in [0.29, 0.717) is 25.3 Å². The minimum Gasteiger partial charge on any atom is -0.494 e. The molecule has 1 N–H and O–H groups in total. The highest BCUT2D eigenvalue weighted by atomic mass is 32.2. The van der Waals surface area contributed by atoms with Crippen LogP contribution in [0.5, 0.6) is 11.5 Å². The van der Waals surface area contributed by atoms with E-state index >= 15 is 0 Å². The van der Waals surface area contributed by atoms with E-state index in [1.54, 1.807) is 23.9 Å². The lowest BCUT2D eigenvalue weighted by molar-refractivity contribution is 0.0950. The molecule has 5 heteroatoms. The number of thioether (sulfide) groups is 1. The third kappa shape index (κ3) is 6.57. The van der Waals surface area contributed by atoms with E-state index in [2.05, 4.69) is 17.4 Å². The van der Waals surface area contributed by atoms with Crippen molar-refractivity contribution >= 4 is 17.7 Å².